The van der Waals surface area contributed by atoms with Crippen LogP contribution >= 0.6 is 47.6 Å². The number of benzene rings is 1. The Morgan fingerprint density at radius 3 is 3.00 bits per heavy atom. The van der Waals surface area contributed by atoms with Crippen LogP contribution in [0.3, 0.4) is 0 Å². The first-order valence-corrected chi connectivity index (χ1v) is 10.4. The van der Waals surface area contributed by atoms with Crippen molar-refractivity contribution >= 4 is 64.9 Å². The Balaban J connectivity index is 1.96. The van der Waals surface area contributed by atoms with Gasteiger partial charge in [-0.1, -0.05) is 41.0 Å². The van der Waals surface area contributed by atoms with Gasteiger partial charge < -0.3 is 9.36 Å². The lowest BCUT2D eigenvalue weighted by atomic mass is 9.93. The molecule has 3 nitrogen and oxygen atoms in total. The molecule has 7 heteroatoms. The molecule has 0 saturated carbocycles. The molecular formula is C19H16Cl2N2OS2. The number of rotatable bonds is 4. The number of hydrogen-bond acceptors (Lipinski definition) is 4. The minimum Gasteiger partial charge on any atom is -0.328 e. The number of hydrogen-bond donors (Lipinski definition) is 1. The number of carbonyl (C=O) groups excluding carboxylic acids is 1. The maximum Gasteiger partial charge on any atom is 0.142 e. The van der Waals surface area contributed by atoms with Crippen molar-refractivity contribution in [1.29, 1.82) is 0 Å². The van der Waals surface area contributed by atoms with Gasteiger partial charge in [0.2, 0.25) is 0 Å². The van der Waals surface area contributed by atoms with Crippen LogP contribution in [-0.4, -0.2) is 15.8 Å². The molecule has 0 spiro atoms. The van der Waals surface area contributed by atoms with Crippen molar-refractivity contribution in [3.05, 3.63) is 46.2 Å². The van der Waals surface area contributed by atoms with Gasteiger partial charge in [-0.05, 0) is 31.0 Å². The molecule has 1 atom stereocenters. The van der Waals surface area contributed by atoms with E-state index in [0.717, 1.165) is 57.1 Å². The highest BCUT2D eigenvalue weighted by atomic mass is 35.5. The van der Waals surface area contributed by atoms with Crippen LogP contribution in [0.1, 0.15) is 30.9 Å². The van der Waals surface area contributed by atoms with Gasteiger partial charge in [-0.3, -0.25) is 0 Å². The number of thiol groups is 1. The summed E-state index contributed by atoms with van der Waals surface area (Å²) >= 11 is 18.9. The Morgan fingerprint density at radius 2 is 2.19 bits per heavy atom. The molecule has 26 heavy (non-hydrogen) atoms. The highest BCUT2D eigenvalue weighted by Gasteiger charge is 2.29. The van der Waals surface area contributed by atoms with Crippen molar-refractivity contribution in [3.8, 4) is 0 Å². The predicted octanol–water partition coefficient (Wildman–Crippen LogP) is 6.25. The van der Waals surface area contributed by atoms with Crippen LogP contribution in [0, 0.1) is 0 Å². The van der Waals surface area contributed by atoms with Crippen LogP contribution < -0.4 is 0 Å². The Hall–Kier alpha value is -1.14. The van der Waals surface area contributed by atoms with Gasteiger partial charge in [-0.2, -0.15) is 0 Å². The second-order valence-corrected chi connectivity index (χ2v) is 8.61. The smallest absolute Gasteiger partial charge is 0.142 e. The second-order valence-electron chi connectivity index (χ2n) is 6.29. The monoisotopic (exact) mass is 422 g/mol. The van der Waals surface area contributed by atoms with E-state index in [1.165, 1.54) is 0 Å². The largest absolute Gasteiger partial charge is 0.328 e. The number of nitrogens with zero attached hydrogens (tertiary/aromatic N) is 2. The number of fused-ring (bicyclic) bond motifs is 3. The minimum absolute atomic E-state index is 0.184. The summed E-state index contributed by atoms with van der Waals surface area (Å²) in [5.74, 6) is 0.184. The molecule has 0 amide bonds. The van der Waals surface area contributed by atoms with E-state index in [0.29, 0.717) is 16.5 Å². The highest BCUT2D eigenvalue weighted by molar-refractivity contribution is 7.99. The van der Waals surface area contributed by atoms with Crippen molar-refractivity contribution in [3.63, 3.8) is 0 Å². The summed E-state index contributed by atoms with van der Waals surface area (Å²) < 4.78 is 2.24. The fourth-order valence-corrected chi connectivity index (χ4v) is 5.69. The average molecular weight is 423 g/mol. The van der Waals surface area contributed by atoms with Crippen molar-refractivity contribution in [1.82, 2.24) is 9.55 Å². The molecule has 134 valence electrons. The van der Waals surface area contributed by atoms with Gasteiger partial charge >= 0.3 is 0 Å². The number of carbonyl (C=O) groups is 1. The number of aryl methyl sites for hydroxylation is 1. The lowest BCUT2D eigenvalue weighted by Gasteiger charge is -2.25. The van der Waals surface area contributed by atoms with Crippen LogP contribution in [0.4, 0.5) is 0 Å². The fraction of sp³-hybridized carbons (Fsp3) is 0.263. The Labute approximate surface area is 171 Å². The first kappa shape index (κ1) is 18.2. The normalized spacial score (nSPS) is 16.7. The molecule has 3 heterocycles. The van der Waals surface area contributed by atoms with Crippen LogP contribution in [0.25, 0.3) is 11.0 Å². The van der Waals surface area contributed by atoms with Gasteiger partial charge in [0.1, 0.15) is 11.9 Å². The molecule has 0 radical (unpaired) electrons. The standard InChI is InChI=1S/C19H16Cl2N2OS2/c20-12-4-1-5-14(16(12)21)26-18-15-13(25)6-8-22-19(15)23-9-2-3-11(7-10-24)17(18)23/h1,4-6,8,10-11H,2-3,7,9H2,(H,22,25). The van der Waals surface area contributed by atoms with E-state index in [1.54, 1.807) is 24.0 Å². The number of aromatic nitrogens is 2. The van der Waals surface area contributed by atoms with Gasteiger partial charge in [0, 0.05) is 50.8 Å². The molecule has 0 aliphatic carbocycles. The van der Waals surface area contributed by atoms with Gasteiger partial charge in [0.15, 0.2) is 0 Å². The molecule has 1 aliphatic heterocycles. The molecule has 0 fully saturated rings. The Bertz CT molecular complexity index is 1000. The highest BCUT2D eigenvalue weighted by Crippen LogP contribution is 2.48. The SMILES string of the molecule is O=CCC1CCCn2c1c(Sc1cccc(Cl)c1Cl)c1c(S)ccnc12. The van der Waals surface area contributed by atoms with Crippen molar-refractivity contribution in [2.75, 3.05) is 0 Å². The Morgan fingerprint density at radius 1 is 1.35 bits per heavy atom. The molecule has 1 unspecified atom stereocenters. The average Bonchev–Trinajstić information content (AvgIpc) is 2.96. The first-order chi connectivity index (χ1) is 12.6. The summed E-state index contributed by atoms with van der Waals surface area (Å²) in [6.07, 6.45) is 5.33. The molecule has 1 aliphatic rings. The van der Waals surface area contributed by atoms with Crippen molar-refractivity contribution < 1.29 is 4.79 Å². The molecule has 0 saturated heterocycles. The summed E-state index contributed by atoms with van der Waals surface area (Å²) in [5, 5.41) is 2.09. The summed E-state index contributed by atoms with van der Waals surface area (Å²) in [4.78, 5) is 18.7. The summed E-state index contributed by atoms with van der Waals surface area (Å²) in [7, 11) is 0. The third-order valence-electron chi connectivity index (χ3n) is 4.75. The van der Waals surface area contributed by atoms with E-state index in [1.807, 2.05) is 18.2 Å². The van der Waals surface area contributed by atoms with Crippen LogP contribution in [0.15, 0.2) is 45.1 Å². The third kappa shape index (κ3) is 3.05. The molecule has 1 aromatic carbocycles. The van der Waals surface area contributed by atoms with Gasteiger partial charge in [0.25, 0.3) is 0 Å². The maximum absolute atomic E-state index is 11.2. The van der Waals surface area contributed by atoms with Crippen molar-refractivity contribution in [2.45, 2.75) is 46.4 Å². The summed E-state index contributed by atoms with van der Waals surface area (Å²) in [6, 6.07) is 7.53. The topological polar surface area (TPSA) is 34.9 Å². The van der Waals surface area contributed by atoms with E-state index in [-0.39, 0.29) is 5.92 Å². The number of pyridine rings is 1. The maximum atomic E-state index is 11.2. The van der Waals surface area contributed by atoms with E-state index >= 15 is 0 Å². The summed E-state index contributed by atoms with van der Waals surface area (Å²) in [6.45, 7) is 0.898. The molecule has 3 aromatic rings. The zero-order chi connectivity index (χ0) is 18.3. The predicted molar refractivity (Wildman–Crippen MR) is 110 cm³/mol. The molecular weight excluding hydrogens is 407 g/mol. The fourth-order valence-electron chi connectivity index (χ4n) is 3.61. The Kier molecular flexibility index (Phi) is 5.24. The van der Waals surface area contributed by atoms with E-state index in [2.05, 4.69) is 22.2 Å². The summed E-state index contributed by atoms with van der Waals surface area (Å²) in [5.41, 5.74) is 2.08. The van der Waals surface area contributed by atoms with Gasteiger partial charge in [-0.25, -0.2) is 4.98 Å². The van der Waals surface area contributed by atoms with Crippen molar-refractivity contribution in [2.24, 2.45) is 0 Å². The third-order valence-corrected chi connectivity index (χ3v) is 7.23. The molecule has 0 N–H and O–H groups in total. The van der Waals surface area contributed by atoms with Gasteiger partial charge in [0.05, 0.1) is 10.0 Å². The van der Waals surface area contributed by atoms with Gasteiger partial charge in [-0.15, -0.1) is 12.6 Å². The zero-order valence-electron chi connectivity index (χ0n) is 13.8. The van der Waals surface area contributed by atoms with Crippen LogP contribution in [-0.2, 0) is 11.3 Å². The van der Waals surface area contributed by atoms with E-state index in [9.17, 15) is 4.79 Å². The number of aldehydes is 1. The molecule has 0 bridgehead atoms. The lowest BCUT2D eigenvalue weighted by molar-refractivity contribution is -0.108. The minimum atomic E-state index is 0.184. The van der Waals surface area contributed by atoms with Crippen LogP contribution in [0.5, 0.6) is 0 Å². The lowest BCUT2D eigenvalue weighted by Crippen LogP contribution is -2.16. The number of halogens is 2. The van der Waals surface area contributed by atoms with E-state index < -0.39 is 0 Å². The van der Waals surface area contributed by atoms with E-state index in [4.69, 9.17) is 23.2 Å². The van der Waals surface area contributed by atoms with Crippen LogP contribution in [0.2, 0.25) is 10.0 Å². The second kappa shape index (κ2) is 7.47. The molecule has 2 aromatic heterocycles. The zero-order valence-corrected chi connectivity index (χ0v) is 17.0. The molecule has 4 rings (SSSR count). The first-order valence-electron chi connectivity index (χ1n) is 8.37. The quantitative estimate of drug-likeness (QED) is 0.398.